The number of piperidine rings is 1. The fraction of sp³-hybridized carbons (Fsp3) is 0.240. The molecular weight excluding hydrogens is 504 g/mol. The highest BCUT2D eigenvalue weighted by Crippen LogP contribution is 2.40. The third-order valence-corrected chi connectivity index (χ3v) is 6.14. The van der Waals surface area contributed by atoms with Crippen molar-refractivity contribution >= 4 is 33.7 Å². The minimum absolute atomic E-state index is 0. The minimum atomic E-state index is -1.01. The quantitative estimate of drug-likeness (QED) is 0.341. The van der Waals surface area contributed by atoms with Crippen LogP contribution in [0.1, 0.15) is 30.5 Å². The zero-order valence-electron chi connectivity index (χ0n) is 18.4. The molecule has 0 saturated carbocycles. The summed E-state index contributed by atoms with van der Waals surface area (Å²) in [6.07, 6.45) is 3.56. The summed E-state index contributed by atoms with van der Waals surface area (Å²) in [5, 5.41) is 27.3. The van der Waals surface area contributed by atoms with Gasteiger partial charge in [-0.05, 0) is 43.9 Å². The maximum Gasteiger partial charge on any atom is 0.182 e. The molecule has 2 aromatic carbocycles. The first-order chi connectivity index (χ1) is 16.0. The van der Waals surface area contributed by atoms with Crippen LogP contribution in [0.5, 0.6) is 5.75 Å². The number of halogens is 3. The number of hydrogen-bond donors (Lipinski definition) is 2. The molecule has 34 heavy (non-hydrogen) atoms. The van der Waals surface area contributed by atoms with Crippen LogP contribution < -0.4 is 4.90 Å². The number of nitrogens with one attached hydrogen (secondary N) is 1. The van der Waals surface area contributed by atoms with Gasteiger partial charge in [0.1, 0.15) is 23.5 Å². The van der Waals surface area contributed by atoms with Gasteiger partial charge in [-0.3, -0.25) is 5.10 Å². The van der Waals surface area contributed by atoms with Crippen LogP contribution in [-0.2, 0) is 0 Å². The lowest BCUT2D eigenvalue weighted by Gasteiger charge is -2.29. The van der Waals surface area contributed by atoms with E-state index in [9.17, 15) is 19.1 Å². The highest BCUT2D eigenvalue weighted by molar-refractivity contribution is 8.93. The Labute approximate surface area is 205 Å². The SMILES string of the molecule is Br.Cc1[nH]nc2nc(-c3c(F)cc(O)cc3F)c(C#N)c(-c3ccc(N4CCCCC4)cc3)c12. The Kier molecular flexibility index (Phi) is 6.53. The van der Waals surface area contributed by atoms with Crippen molar-refractivity contribution in [2.24, 2.45) is 0 Å². The van der Waals surface area contributed by atoms with E-state index in [1.54, 1.807) is 0 Å². The van der Waals surface area contributed by atoms with Gasteiger partial charge in [-0.2, -0.15) is 10.4 Å². The summed E-state index contributed by atoms with van der Waals surface area (Å²) in [6, 6.07) is 11.5. The van der Waals surface area contributed by atoms with Crippen molar-refractivity contribution < 1.29 is 13.9 Å². The van der Waals surface area contributed by atoms with Gasteiger partial charge in [0, 0.05) is 42.2 Å². The molecule has 1 saturated heterocycles. The molecule has 0 bridgehead atoms. The molecule has 1 fully saturated rings. The van der Waals surface area contributed by atoms with Crippen LogP contribution >= 0.6 is 17.0 Å². The number of phenolic OH excluding ortho intramolecular Hbond substituents is 1. The van der Waals surface area contributed by atoms with Crippen LogP contribution in [0.15, 0.2) is 36.4 Å². The second kappa shape index (κ2) is 9.39. The third kappa shape index (κ3) is 3.99. The molecule has 1 aliphatic heterocycles. The molecule has 9 heteroatoms. The predicted molar refractivity (Wildman–Crippen MR) is 132 cm³/mol. The van der Waals surface area contributed by atoms with E-state index < -0.39 is 22.9 Å². The number of aromatic hydroxyl groups is 1. The Morgan fingerprint density at radius 2 is 1.68 bits per heavy atom. The van der Waals surface area contributed by atoms with Crippen LogP contribution in [0.4, 0.5) is 14.5 Å². The van der Waals surface area contributed by atoms with E-state index in [1.807, 2.05) is 31.2 Å². The maximum absolute atomic E-state index is 14.7. The Morgan fingerprint density at radius 3 is 2.29 bits per heavy atom. The number of H-pyrrole nitrogens is 1. The van der Waals surface area contributed by atoms with Gasteiger partial charge in [-0.15, -0.1) is 17.0 Å². The molecule has 0 radical (unpaired) electrons. The Balaban J connectivity index is 0.00000274. The molecule has 2 aromatic heterocycles. The number of nitriles is 1. The summed E-state index contributed by atoms with van der Waals surface area (Å²) >= 11 is 0. The molecular formula is C25H22BrF2N5O. The fourth-order valence-electron chi connectivity index (χ4n) is 4.56. The van der Waals surface area contributed by atoms with E-state index in [4.69, 9.17) is 0 Å². The van der Waals surface area contributed by atoms with Crippen molar-refractivity contribution in [1.82, 2.24) is 15.2 Å². The topological polar surface area (TPSA) is 88.8 Å². The van der Waals surface area contributed by atoms with Gasteiger partial charge in [0.05, 0.1) is 22.2 Å². The second-order valence-electron chi connectivity index (χ2n) is 8.25. The van der Waals surface area contributed by atoms with Gasteiger partial charge in [0.25, 0.3) is 0 Å². The molecule has 5 rings (SSSR count). The highest BCUT2D eigenvalue weighted by Gasteiger charge is 2.25. The van der Waals surface area contributed by atoms with E-state index in [-0.39, 0.29) is 33.9 Å². The molecule has 2 N–H and O–H groups in total. The van der Waals surface area contributed by atoms with Crippen molar-refractivity contribution in [1.29, 1.82) is 5.26 Å². The van der Waals surface area contributed by atoms with E-state index in [2.05, 4.69) is 26.2 Å². The van der Waals surface area contributed by atoms with Crippen LogP contribution in [0.25, 0.3) is 33.4 Å². The third-order valence-electron chi connectivity index (χ3n) is 6.14. The summed E-state index contributed by atoms with van der Waals surface area (Å²) in [5.41, 5.74) is 2.71. The fourth-order valence-corrected chi connectivity index (χ4v) is 4.56. The first-order valence-electron chi connectivity index (χ1n) is 10.8. The summed E-state index contributed by atoms with van der Waals surface area (Å²) in [4.78, 5) is 6.66. The largest absolute Gasteiger partial charge is 0.508 e. The molecule has 1 aliphatic rings. The number of aromatic nitrogens is 3. The molecule has 4 aromatic rings. The van der Waals surface area contributed by atoms with Crippen molar-refractivity contribution in [3.63, 3.8) is 0 Å². The van der Waals surface area contributed by atoms with Gasteiger partial charge < -0.3 is 10.0 Å². The van der Waals surface area contributed by atoms with Crippen LogP contribution in [-0.4, -0.2) is 33.4 Å². The molecule has 0 spiro atoms. The minimum Gasteiger partial charge on any atom is -0.508 e. The smallest absolute Gasteiger partial charge is 0.182 e. The summed E-state index contributed by atoms with van der Waals surface area (Å²) in [5.74, 6) is -2.55. The number of phenols is 1. The van der Waals surface area contributed by atoms with E-state index in [0.29, 0.717) is 16.6 Å². The normalized spacial score (nSPS) is 13.5. The van der Waals surface area contributed by atoms with Gasteiger partial charge in [0.15, 0.2) is 5.65 Å². The van der Waals surface area contributed by atoms with Gasteiger partial charge in [-0.25, -0.2) is 13.8 Å². The number of benzene rings is 2. The monoisotopic (exact) mass is 525 g/mol. The van der Waals surface area contributed by atoms with Crippen molar-refractivity contribution in [3.05, 3.63) is 59.3 Å². The second-order valence-corrected chi connectivity index (χ2v) is 8.25. The number of nitrogens with zero attached hydrogens (tertiary/aromatic N) is 4. The summed E-state index contributed by atoms with van der Waals surface area (Å²) in [6.45, 7) is 3.82. The number of anilines is 1. The zero-order chi connectivity index (χ0) is 23.1. The lowest BCUT2D eigenvalue weighted by Crippen LogP contribution is -2.29. The summed E-state index contributed by atoms with van der Waals surface area (Å²) in [7, 11) is 0. The number of hydrogen-bond acceptors (Lipinski definition) is 5. The lowest BCUT2D eigenvalue weighted by atomic mass is 9.92. The number of fused-ring (bicyclic) bond motifs is 1. The van der Waals surface area contributed by atoms with E-state index in [0.717, 1.165) is 49.3 Å². The highest BCUT2D eigenvalue weighted by atomic mass is 79.9. The van der Waals surface area contributed by atoms with Gasteiger partial charge >= 0.3 is 0 Å². The lowest BCUT2D eigenvalue weighted by molar-refractivity contribution is 0.461. The molecule has 3 heterocycles. The van der Waals surface area contributed by atoms with Crippen molar-refractivity contribution in [2.75, 3.05) is 18.0 Å². The van der Waals surface area contributed by atoms with Crippen LogP contribution in [0.2, 0.25) is 0 Å². The number of rotatable bonds is 3. The summed E-state index contributed by atoms with van der Waals surface area (Å²) < 4.78 is 29.5. The zero-order valence-corrected chi connectivity index (χ0v) is 20.1. The first-order valence-corrected chi connectivity index (χ1v) is 10.8. The van der Waals surface area contributed by atoms with Crippen LogP contribution in [0.3, 0.4) is 0 Å². The first kappa shape index (κ1) is 23.6. The molecule has 174 valence electrons. The molecule has 0 aliphatic carbocycles. The molecule has 0 atom stereocenters. The van der Waals surface area contributed by atoms with Crippen molar-refractivity contribution in [2.45, 2.75) is 26.2 Å². The molecule has 0 amide bonds. The Bertz CT molecular complexity index is 1380. The van der Waals surface area contributed by atoms with Crippen LogP contribution in [0, 0.1) is 29.9 Å². The average Bonchev–Trinajstić information content (AvgIpc) is 3.18. The van der Waals surface area contributed by atoms with E-state index >= 15 is 0 Å². The molecule has 0 unspecified atom stereocenters. The predicted octanol–water partition coefficient (Wildman–Crippen LogP) is 6.02. The Hall–Kier alpha value is -3.51. The molecule has 6 nitrogen and oxygen atoms in total. The van der Waals surface area contributed by atoms with E-state index in [1.165, 1.54) is 6.42 Å². The average molecular weight is 526 g/mol. The maximum atomic E-state index is 14.7. The Morgan fingerprint density at radius 1 is 1.03 bits per heavy atom. The number of aromatic amines is 1. The van der Waals surface area contributed by atoms with Gasteiger partial charge in [-0.1, -0.05) is 12.1 Å². The van der Waals surface area contributed by atoms with Gasteiger partial charge in [0.2, 0.25) is 0 Å². The number of pyridine rings is 1. The van der Waals surface area contributed by atoms with Crippen molar-refractivity contribution in [3.8, 4) is 34.2 Å². The standard InChI is InChI=1S/C25H21F2N5O.BrH/c1-14-21-22(15-5-7-16(8-6-15)32-9-3-2-4-10-32)18(13-28)24(29-25(21)31-30-14)23-19(26)11-17(33)12-20(23)27;/h5-8,11-12,33H,2-4,9-10H2,1H3,(H,29,30,31);1H. The number of aryl methyl sites for hydroxylation is 1.